The molecule has 1 aliphatic heterocycles. The van der Waals surface area contributed by atoms with E-state index in [2.05, 4.69) is 0 Å². The van der Waals surface area contributed by atoms with Crippen molar-refractivity contribution in [2.24, 2.45) is 0 Å². The van der Waals surface area contributed by atoms with Gasteiger partial charge in [0.1, 0.15) is 11.9 Å². The second-order valence-electron chi connectivity index (χ2n) is 5.39. The van der Waals surface area contributed by atoms with Crippen molar-refractivity contribution in [3.8, 4) is 0 Å². The van der Waals surface area contributed by atoms with E-state index in [4.69, 9.17) is 4.74 Å². The lowest BCUT2D eigenvalue weighted by Crippen LogP contribution is -2.48. The highest BCUT2D eigenvalue weighted by Crippen LogP contribution is 2.32. The van der Waals surface area contributed by atoms with Gasteiger partial charge < -0.3 is 4.74 Å². The summed E-state index contributed by atoms with van der Waals surface area (Å²) >= 11 is 0. The molecule has 0 spiro atoms. The average molecular weight is 313 g/mol. The Morgan fingerprint density at radius 1 is 1.17 bits per heavy atom. The van der Waals surface area contributed by atoms with Gasteiger partial charge in [0.15, 0.2) is 0 Å². The lowest BCUT2D eigenvalue weighted by molar-refractivity contribution is -0.142. The summed E-state index contributed by atoms with van der Waals surface area (Å²) in [6.07, 6.45) is 1.16. The molecule has 3 rings (SSSR count). The molecule has 4 nitrogen and oxygen atoms in total. The van der Waals surface area contributed by atoms with E-state index in [1.807, 2.05) is 18.2 Å². The van der Waals surface area contributed by atoms with E-state index in [9.17, 15) is 14.0 Å². The summed E-state index contributed by atoms with van der Waals surface area (Å²) in [7, 11) is 1.30. The fourth-order valence-corrected chi connectivity index (χ4v) is 2.92. The standard InChI is InChI=1S/C18H16FNO3/c1-23-18(22)16-10-9-12-5-2-3-8-15(12)20(16)17(21)13-6-4-7-14(19)11-13/h2-8,11,16H,9-10H2,1H3/t16-/m1/s1. The second kappa shape index (κ2) is 6.20. The zero-order valence-corrected chi connectivity index (χ0v) is 12.7. The van der Waals surface area contributed by atoms with E-state index in [1.54, 1.807) is 6.07 Å². The van der Waals surface area contributed by atoms with Gasteiger partial charge in [-0.2, -0.15) is 0 Å². The lowest BCUT2D eigenvalue weighted by Gasteiger charge is -2.35. The third-order valence-corrected chi connectivity index (χ3v) is 4.01. The van der Waals surface area contributed by atoms with Crippen molar-refractivity contribution in [3.05, 3.63) is 65.5 Å². The maximum absolute atomic E-state index is 13.5. The molecule has 0 radical (unpaired) electrons. The molecule has 5 heteroatoms. The largest absolute Gasteiger partial charge is 0.467 e. The molecule has 0 unspecified atom stereocenters. The first kappa shape index (κ1) is 15.2. The molecule has 0 saturated carbocycles. The highest BCUT2D eigenvalue weighted by atomic mass is 19.1. The van der Waals surface area contributed by atoms with Gasteiger partial charge in [0.25, 0.3) is 5.91 Å². The lowest BCUT2D eigenvalue weighted by atomic mass is 9.94. The second-order valence-corrected chi connectivity index (χ2v) is 5.39. The molecule has 0 aliphatic carbocycles. The maximum Gasteiger partial charge on any atom is 0.328 e. The summed E-state index contributed by atoms with van der Waals surface area (Å²) < 4.78 is 18.3. The number of hydrogen-bond donors (Lipinski definition) is 0. The minimum Gasteiger partial charge on any atom is -0.467 e. The number of amides is 1. The van der Waals surface area contributed by atoms with Crippen LogP contribution in [0.3, 0.4) is 0 Å². The van der Waals surface area contributed by atoms with E-state index >= 15 is 0 Å². The summed E-state index contributed by atoms with van der Waals surface area (Å²) in [5, 5.41) is 0. The van der Waals surface area contributed by atoms with E-state index in [1.165, 1.54) is 36.3 Å². The van der Waals surface area contributed by atoms with Crippen LogP contribution in [0.2, 0.25) is 0 Å². The van der Waals surface area contributed by atoms with Gasteiger partial charge in [-0.15, -0.1) is 0 Å². The van der Waals surface area contributed by atoms with Gasteiger partial charge in [0.05, 0.1) is 7.11 Å². The number of rotatable bonds is 2. The predicted molar refractivity (Wildman–Crippen MR) is 83.8 cm³/mol. The van der Waals surface area contributed by atoms with Gasteiger partial charge >= 0.3 is 5.97 Å². The predicted octanol–water partition coefficient (Wildman–Crippen LogP) is 2.96. The van der Waals surface area contributed by atoms with Crippen LogP contribution in [0.15, 0.2) is 48.5 Å². The van der Waals surface area contributed by atoms with Crippen LogP contribution in [0.25, 0.3) is 0 Å². The third-order valence-electron chi connectivity index (χ3n) is 4.01. The molecule has 2 aromatic rings. The van der Waals surface area contributed by atoms with Crippen LogP contribution < -0.4 is 4.90 Å². The molecule has 0 saturated heterocycles. The highest BCUT2D eigenvalue weighted by Gasteiger charge is 2.36. The van der Waals surface area contributed by atoms with Crippen LogP contribution in [0.1, 0.15) is 22.3 Å². The Morgan fingerprint density at radius 3 is 2.70 bits per heavy atom. The number of ether oxygens (including phenoxy) is 1. The van der Waals surface area contributed by atoms with Crippen molar-refractivity contribution in [2.45, 2.75) is 18.9 Å². The zero-order valence-electron chi connectivity index (χ0n) is 12.7. The summed E-state index contributed by atoms with van der Waals surface area (Å²) in [4.78, 5) is 26.4. The number of carbonyl (C=O) groups is 2. The Bertz CT molecular complexity index is 759. The Hall–Kier alpha value is -2.69. The number of para-hydroxylation sites is 1. The van der Waals surface area contributed by atoms with Crippen LogP contribution in [0.5, 0.6) is 0 Å². The maximum atomic E-state index is 13.5. The number of anilines is 1. The van der Waals surface area contributed by atoms with Gasteiger partial charge in [-0.3, -0.25) is 9.69 Å². The van der Waals surface area contributed by atoms with Crippen LogP contribution in [-0.4, -0.2) is 25.0 Å². The minimum absolute atomic E-state index is 0.204. The van der Waals surface area contributed by atoms with Crippen molar-refractivity contribution >= 4 is 17.6 Å². The smallest absolute Gasteiger partial charge is 0.328 e. The average Bonchev–Trinajstić information content (AvgIpc) is 2.59. The fraction of sp³-hybridized carbons (Fsp3) is 0.222. The molecule has 2 aromatic carbocycles. The number of carbonyl (C=O) groups excluding carboxylic acids is 2. The molecule has 118 valence electrons. The summed E-state index contributed by atoms with van der Waals surface area (Å²) in [5.41, 5.74) is 1.86. The monoisotopic (exact) mass is 313 g/mol. The Kier molecular flexibility index (Phi) is 4.10. The SMILES string of the molecule is COC(=O)[C@H]1CCc2ccccc2N1C(=O)c1cccc(F)c1. The molecule has 0 fully saturated rings. The van der Waals surface area contributed by atoms with Crippen molar-refractivity contribution in [1.29, 1.82) is 0 Å². The van der Waals surface area contributed by atoms with Crippen LogP contribution in [-0.2, 0) is 16.0 Å². The Labute approximate surface area is 133 Å². The van der Waals surface area contributed by atoms with E-state index in [0.717, 1.165) is 5.56 Å². The van der Waals surface area contributed by atoms with Crippen molar-refractivity contribution in [1.82, 2.24) is 0 Å². The van der Waals surface area contributed by atoms with Crippen molar-refractivity contribution in [2.75, 3.05) is 12.0 Å². The number of halogens is 1. The third kappa shape index (κ3) is 2.82. The zero-order chi connectivity index (χ0) is 16.4. The Balaban J connectivity index is 2.07. The summed E-state index contributed by atoms with van der Waals surface area (Å²) in [5.74, 6) is -1.37. The molecule has 1 atom stereocenters. The molecular weight excluding hydrogens is 297 g/mol. The molecule has 0 aromatic heterocycles. The molecular formula is C18H16FNO3. The fourth-order valence-electron chi connectivity index (χ4n) is 2.92. The van der Waals surface area contributed by atoms with Crippen molar-refractivity contribution in [3.63, 3.8) is 0 Å². The van der Waals surface area contributed by atoms with Gasteiger partial charge in [-0.05, 0) is 42.7 Å². The van der Waals surface area contributed by atoms with Gasteiger partial charge in [-0.1, -0.05) is 24.3 Å². The highest BCUT2D eigenvalue weighted by molar-refractivity contribution is 6.10. The number of methoxy groups -OCH3 is 1. The van der Waals surface area contributed by atoms with E-state index < -0.39 is 23.7 Å². The molecule has 0 bridgehead atoms. The number of hydrogen-bond acceptors (Lipinski definition) is 3. The number of fused-ring (bicyclic) bond motifs is 1. The van der Waals surface area contributed by atoms with E-state index in [0.29, 0.717) is 18.5 Å². The topological polar surface area (TPSA) is 46.6 Å². The molecule has 1 heterocycles. The molecule has 23 heavy (non-hydrogen) atoms. The van der Waals surface area contributed by atoms with Gasteiger partial charge in [0.2, 0.25) is 0 Å². The summed E-state index contributed by atoms with van der Waals surface area (Å²) in [6.45, 7) is 0. The minimum atomic E-state index is -0.703. The molecule has 1 aliphatic rings. The summed E-state index contributed by atoms with van der Waals surface area (Å²) in [6, 6.07) is 12.2. The Morgan fingerprint density at radius 2 is 1.96 bits per heavy atom. The van der Waals surface area contributed by atoms with Crippen LogP contribution >= 0.6 is 0 Å². The molecule has 0 N–H and O–H groups in total. The van der Waals surface area contributed by atoms with Crippen LogP contribution in [0, 0.1) is 5.82 Å². The number of benzene rings is 2. The quantitative estimate of drug-likeness (QED) is 0.801. The number of nitrogens with zero attached hydrogens (tertiary/aromatic N) is 1. The first-order valence-electron chi connectivity index (χ1n) is 7.36. The van der Waals surface area contributed by atoms with Gasteiger partial charge in [0, 0.05) is 11.3 Å². The van der Waals surface area contributed by atoms with E-state index in [-0.39, 0.29) is 5.56 Å². The van der Waals surface area contributed by atoms with Crippen molar-refractivity contribution < 1.29 is 18.7 Å². The number of aryl methyl sites for hydroxylation is 1. The first-order valence-corrected chi connectivity index (χ1v) is 7.36. The normalized spacial score (nSPS) is 16.6. The molecule has 1 amide bonds. The first-order chi connectivity index (χ1) is 11.1. The number of esters is 1. The van der Waals surface area contributed by atoms with Crippen LogP contribution in [0.4, 0.5) is 10.1 Å². The van der Waals surface area contributed by atoms with Gasteiger partial charge in [-0.25, -0.2) is 9.18 Å².